The van der Waals surface area contributed by atoms with E-state index in [2.05, 4.69) is 10.4 Å². The summed E-state index contributed by atoms with van der Waals surface area (Å²) in [6, 6.07) is -1.39. The lowest BCUT2D eigenvalue weighted by Gasteiger charge is -2.49. The Balaban J connectivity index is 0.000000704. The van der Waals surface area contributed by atoms with E-state index in [1.54, 1.807) is 6.92 Å². The van der Waals surface area contributed by atoms with Crippen LogP contribution in [0.25, 0.3) is 0 Å². The van der Waals surface area contributed by atoms with Gasteiger partial charge in [-0.3, -0.25) is 10.3 Å². The van der Waals surface area contributed by atoms with Crippen molar-refractivity contribution in [3.05, 3.63) is 0 Å². The van der Waals surface area contributed by atoms with Gasteiger partial charge in [0, 0.05) is 24.1 Å². The van der Waals surface area contributed by atoms with Crippen LogP contribution in [0.2, 0.25) is 0 Å². The summed E-state index contributed by atoms with van der Waals surface area (Å²) in [4.78, 5) is 0. The third kappa shape index (κ3) is 2.80. The predicted octanol–water partition coefficient (Wildman–Crippen LogP) is 3.51. The fourth-order valence-corrected chi connectivity index (χ4v) is 3.65. The van der Waals surface area contributed by atoms with Crippen LogP contribution >= 0.6 is 0 Å². The Kier molecular flexibility index (Phi) is 4.62. The molecule has 2 heterocycles. The van der Waals surface area contributed by atoms with Gasteiger partial charge in [0.1, 0.15) is 12.2 Å². The monoisotopic (exact) mass is 291 g/mol. The van der Waals surface area contributed by atoms with Crippen molar-refractivity contribution < 1.29 is 13.2 Å². The molecule has 0 bridgehead atoms. The molecule has 0 radical (unpaired) electrons. The number of halogens is 3. The molecular weight excluding hydrogens is 267 g/mol. The Morgan fingerprint density at radius 2 is 1.85 bits per heavy atom. The summed E-state index contributed by atoms with van der Waals surface area (Å²) in [5.41, 5.74) is 0.792. The molecule has 0 amide bonds. The zero-order chi connectivity index (χ0) is 14.9. The van der Waals surface area contributed by atoms with Crippen LogP contribution in [0.15, 0.2) is 5.10 Å². The maximum Gasteiger partial charge on any atom is 0.410 e. The highest BCUT2D eigenvalue weighted by molar-refractivity contribution is 5.83. The first-order chi connectivity index (χ1) is 9.47. The van der Waals surface area contributed by atoms with Gasteiger partial charge in [-0.25, -0.2) is 0 Å². The summed E-state index contributed by atoms with van der Waals surface area (Å²) in [7, 11) is 0. The summed E-state index contributed by atoms with van der Waals surface area (Å²) < 4.78 is 40.0. The van der Waals surface area contributed by atoms with Crippen molar-refractivity contribution in [2.75, 3.05) is 0 Å². The van der Waals surface area contributed by atoms with Gasteiger partial charge in [-0.2, -0.15) is 18.3 Å². The van der Waals surface area contributed by atoms with E-state index in [-0.39, 0.29) is 18.1 Å². The molecule has 116 valence electrons. The molecule has 0 aromatic rings. The molecule has 3 aliphatic rings. The van der Waals surface area contributed by atoms with Crippen LogP contribution in [0.5, 0.6) is 0 Å². The van der Waals surface area contributed by atoms with E-state index in [0.29, 0.717) is 12.8 Å². The van der Waals surface area contributed by atoms with Gasteiger partial charge in [0.25, 0.3) is 0 Å². The van der Waals surface area contributed by atoms with E-state index in [1.807, 2.05) is 13.8 Å². The van der Waals surface area contributed by atoms with Crippen LogP contribution in [0.1, 0.15) is 52.9 Å². The average molecular weight is 291 g/mol. The summed E-state index contributed by atoms with van der Waals surface area (Å²) >= 11 is 0. The Bertz CT molecular complexity index is 367. The summed E-state index contributed by atoms with van der Waals surface area (Å²) in [5.74, 6) is -0.343. The number of hydrogen-bond donors (Lipinski definition) is 1. The number of rotatable bonds is 0. The number of hydrogen-bond acceptors (Lipinski definition) is 3. The molecule has 3 rings (SSSR count). The third-order valence-corrected chi connectivity index (χ3v) is 4.35. The van der Waals surface area contributed by atoms with E-state index in [4.69, 9.17) is 0 Å². The lowest BCUT2D eigenvalue weighted by molar-refractivity contribution is -0.221. The van der Waals surface area contributed by atoms with Crippen LogP contribution in [0.3, 0.4) is 0 Å². The molecule has 2 fully saturated rings. The van der Waals surface area contributed by atoms with Gasteiger partial charge in [0.15, 0.2) is 0 Å². The van der Waals surface area contributed by atoms with E-state index in [1.165, 1.54) is 5.01 Å². The van der Waals surface area contributed by atoms with Crippen LogP contribution < -0.4 is 5.32 Å². The topological polar surface area (TPSA) is 27.6 Å². The summed E-state index contributed by atoms with van der Waals surface area (Å²) in [5, 5.41) is 8.76. The van der Waals surface area contributed by atoms with E-state index < -0.39 is 12.2 Å². The molecular formula is C14H24F3N3. The second-order valence-corrected chi connectivity index (χ2v) is 5.64. The molecule has 0 spiro atoms. The van der Waals surface area contributed by atoms with Crippen molar-refractivity contribution in [3.63, 3.8) is 0 Å². The molecule has 2 aliphatic heterocycles. The first-order valence-electron chi connectivity index (χ1n) is 7.62. The maximum atomic E-state index is 13.3. The fraction of sp³-hybridized carbons (Fsp3) is 0.929. The Morgan fingerprint density at radius 1 is 1.20 bits per heavy atom. The molecule has 1 N–H and O–H groups in total. The van der Waals surface area contributed by atoms with Crippen LogP contribution in [0.4, 0.5) is 13.2 Å². The van der Waals surface area contributed by atoms with Crippen LogP contribution in [-0.4, -0.2) is 35.1 Å². The van der Waals surface area contributed by atoms with Crippen molar-refractivity contribution >= 4 is 5.71 Å². The minimum atomic E-state index is -4.19. The SMILES string of the molecule is CC.CC1=NN2C(C1)N[C@@H]1CCCC[C@@H]1[C@H]2C(F)(F)F. The minimum absolute atomic E-state index is 0.00715. The number of hydrazone groups is 1. The third-order valence-electron chi connectivity index (χ3n) is 4.35. The number of fused-ring (bicyclic) bond motifs is 2. The Morgan fingerprint density at radius 3 is 2.50 bits per heavy atom. The number of nitrogens with zero attached hydrogens (tertiary/aromatic N) is 2. The van der Waals surface area contributed by atoms with E-state index in [9.17, 15) is 13.2 Å². The van der Waals surface area contributed by atoms with Gasteiger partial charge >= 0.3 is 6.18 Å². The van der Waals surface area contributed by atoms with Crippen molar-refractivity contribution in [1.82, 2.24) is 10.3 Å². The number of alkyl halides is 3. The van der Waals surface area contributed by atoms with Gasteiger partial charge < -0.3 is 0 Å². The second-order valence-electron chi connectivity index (χ2n) is 5.64. The van der Waals surface area contributed by atoms with Crippen molar-refractivity contribution in [2.45, 2.75) is 77.3 Å². The summed E-state index contributed by atoms with van der Waals surface area (Å²) in [6.45, 7) is 5.80. The zero-order valence-electron chi connectivity index (χ0n) is 12.4. The molecule has 4 atom stereocenters. The molecule has 0 aromatic heterocycles. The highest BCUT2D eigenvalue weighted by Crippen LogP contribution is 2.43. The Labute approximate surface area is 118 Å². The number of nitrogens with one attached hydrogen (secondary N) is 1. The normalized spacial score (nSPS) is 36.5. The van der Waals surface area contributed by atoms with Crippen molar-refractivity contribution in [1.29, 1.82) is 0 Å². The van der Waals surface area contributed by atoms with Crippen LogP contribution in [0, 0.1) is 5.92 Å². The molecule has 1 saturated heterocycles. The maximum absolute atomic E-state index is 13.3. The molecule has 1 saturated carbocycles. The standard InChI is InChI=1S/C12H18F3N3.C2H6/c1-7-6-10-16-9-5-3-2-4-8(9)11(12(13,14)15)18(10)17-7;1-2/h8-11,16H,2-6H2,1H3;1-2H3/t8-,9+,10?,11-;/m0./s1. The largest absolute Gasteiger partial charge is 0.410 e. The van der Waals surface area contributed by atoms with Crippen molar-refractivity contribution in [3.8, 4) is 0 Å². The molecule has 1 aliphatic carbocycles. The van der Waals surface area contributed by atoms with Gasteiger partial charge in [0.2, 0.25) is 0 Å². The average Bonchev–Trinajstić information content (AvgIpc) is 2.76. The lowest BCUT2D eigenvalue weighted by Crippen LogP contribution is -2.66. The smallest absolute Gasteiger partial charge is 0.293 e. The molecule has 1 unspecified atom stereocenters. The summed E-state index contributed by atoms with van der Waals surface area (Å²) in [6.07, 6.45) is -0.386. The lowest BCUT2D eigenvalue weighted by atomic mass is 9.77. The van der Waals surface area contributed by atoms with Gasteiger partial charge in [-0.1, -0.05) is 26.7 Å². The van der Waals surface area contributed by atoms with Crippen LogP contribution in [-0.2, 0) is 0 Å². The first kappa shape index (κ1) is 15.6. The zero-order valence-corrected chi connectivity index (χ0v) is 12.4. The van der Waals surface area contributed by atoms with Gasteiger partial charge in [-0.15, -0.1) is 0 Å². The second kappa shape index (κ2) is 5.92. The molecule has 0 aromatic carbocycles. The fourth-order valence-electron chi connectivity index (χ4n) is 3.65. The Hall–Kier alpha value is -0.780. The highest BCUT2D eigenvalue weighted by atomic mass is 19.4. The first-order valence-corrected chi connectivity index (χ1v) is 7.62. The predicted molar refractivity (Wildman–Crippen MR) is 73.4 cm³/mol. The van der Waals surface area contributed by atoms with E-state index in [0.717, 1.165) is 25.0 Å². The molecule has 6 heteroatoms. The minimum Gasteiger partial charge on any atom is -0.293 e. The van der Waals surface area contributed by atoms with Gasteiger partial charge in [-0.05, 0) is 19.8 Å². The molecule has 20 heavy (non-hydrogen) atoms. The highest BCUT2D eigenvalue weighted by Gasteiger charge is 2.56. The van der Waals surface area contributed by atoms with E-state index >= 15 is 0 Å². The quantitative estimate of drug-likeness (QED) is 0.739. The van der Waals surface area contributed by atoms with Gasteiger partial charge in [0.05, 0.1) is 0 Å². The van der Waals surface area contributed by atoms with Crippen molar-refractivity contribution in [2.24, 2.45) is 11.0 Å². The molecule has 3 nitrogen and oxygen atoms in total.